The molecule has 2 fully saturated rings. The van der Waals surface area contributed by atoms with Crippen LogP contribution in [0, 0.1) is 0 Å². The van der Waals surface area contributed by atoms with E-state index >= 15 is 0 Å². The third kappa shape index (κ3) is 4.94. The molecule has 9 heteroatoms. The van der Waals surface area contributed by atoms with E-state index in [0.717, 1.165) is 25.3 Å². The van der Waals surface area contributed by atoms with Gasteiger partial charge >= 0.3 is 0 Å². The minimum atomic E-state index is -2.88. The first-order valence-electron chi connectivity index (χ1n) is 6.22. The van der Waals surface area contributed by atoms with Crippen molar-refractivity contribution in [2.75, 3.05) is 24.6 Å². The molecule has 3 heterocycles. The van der Waals surface area contributed by atoms with E-state index in [1.807, 2.05) is 18.2 Å². The van der Waals surface area contributed by atoms with Gasteiger partial charge in [0.25, 0.3) is 0 Å². The smallest absolute Gasteiger partial charge is 0.153 e. The molecule has 2 saturated heterocycles. The van der Waals surface area contributed by atoms with E-state index in [4.69, 9.17) is 0 Å². The van der Waals surface area contributed by atoms with E-state index < -0.39 is 9.84 Å². The van der Waals surface area contributed by atoms with Crippen LogP contribution in [0.4, 0.5) is 0 Å². The lowest BCUT2D eigenvalue weighted by Crippen LogP contribution is -2.56. The Morgan fingerprint density at radius 3 is 2.67 bits per heavy atom. The SMILES string of the molecule is Cl.Cl.Cl.O=S1(=O)CC2NCCN(Cc3ccccn3)C2C1. The summed E-state index contributed by atoms with van der Waals surface area (Å²) < 4.78 is 23.4. The molecule has 5 nitrogen and oxygen atoms in total. The van der Waals surface area contributed by atoms with Crippen LogP contribution in [-0.2, 0) is 16.4 Å². The van der Waals surface area contributed by atoms with E-state index in [1.165, 1.54) is 0 Å². The number of nitrogens with one attached hydrogen (secondary N) is 1. The maximum atomic E-state index is 11.7. The molecule has 122 valence electrons. The zero-order chi connectivity index (χ0) is 12.6. The second-order valence-electron chi connectivity index (χ2n) is 5.00. The molecule has 3 rings (SSSR count). The lowest BCUT2D eigenvalue weighted by molar-refractivity contribution is 0.139. The van der Waals surface area contributed by atoms with Crippen LogP contribution in [-0.4, -0.2) is 55.0 Å². The molecule has 0 saturated carbocycles. The van der Waals surface area contributed by atoms with Gasteiger partial charge in [-0.3, -0.25) is 9.88 Å². The molecular formula is C12H20Cl3N3O2S. The summed E-state index contributed by atoms with van der Waals surface area (Å²) in [4.78, 5) is 6.56. The minimum Gasteiger partial charge on any atom is -0.310 e. The summed E-state index contributed by atoms with van der Waals surface area (Å²) in [5, 5.41) is 3.31. The summed E-state index contributed by atoms with van der Waals surface area (Å²) in [5.74, 6) is 0.549. The van der Waals surface area contributed by atoms with Gasteiger partial charge in [-0.2, -0.15) is 0 Å². The van der Waals surface area contributed by atoms with Gasteiger partial charge in [0, 0.05) is 37.9 Å². The number of fused-ring (bicyclic) bond motifs is 1. The number of rotatable bonds is 2. The van der Waals surface area contributed by atoms with Crippen LogP contribution in [0.15, 0.2) is 24.4 Å². The molecule has 0 spiro atoms. The Kier molecular flexibility index (Phi) is 8.46. The van der Waals surface area contributed by atoms with E-state index in [2.05, 4.69) is 15.2 Å². The largest absolute Gasteiger partial charge is 0.310 e. The van der Waals surface area contributed by atoms with Crippen molar-refractivity contribution in [1.82, 2.24) is 15.2 Å². The fourth-order valence-electron chi connectivity index (χ4n) is 2.84. The van der Waals surface area contributed by atoms with Gasteiger partial charge in [-0.15, -0.1) is 37.2 Å². The number of hydrogen-bond donors (Lipinski definition) is 1. The van der Waals surface area contributed by atoms with Gasteiger partial charge in [0.05, 0.1) is 17.2 Å². The van der Waals surface area contributed by atoms with Crippen LogP contribution < -0.4 is 5.32 Å². The molecule has 2 aliphatic heterocycles. The lowest BCUT2D eigenvalue weighted by Gasteiger charge is -2.37. The molecule has 0 bridgehead atoms. The number of hydrogen-bond acceptors (Lipinski definition) is 5. The number of pyridine rings is 1. The molecule has 21 heavy (non-hydrogen) atoms. The third-order valence-corrected chi connectivity index (χ3v) is 5.40. The van der Waals surface area contributed by atoms with Crippen LogP contribution >= 0.6 is 37.2 Å². The molecule has 2 atom stereocenters. The number of nitrogens with zero attached hydrogens (tertiary/aromatic N) is 2. The van der Waals surface area contributed by atoms with Crippen molar-refractivity contribution in [3.8, 4) is 0 Å². The fraction of sp³-hybridized carbons (Fsp3) is 0.583. The fourth-order valence-corrected chi connectivity index (χ4v) is 4.83. The van der Waals surface area contributed by atoms with Crippen LogP contribution in [0.3, 0.4) is 0 Å². The van der Waals surface area contributed by atoms with Gasteiger partial charge < -0.3 is 5.32 Å². The van der Waals surface area contributed by atoms with Crippen molar-refractivity contribution in [1.29, 1.82) is 0 Å². The van der Waals surface area contributed by atoms with Gasteiger partial charge in [0.1, 0.15) is 0 Å². The Morgan fingerprint density at radius 1 is 1.24 bits per heavy atom. The van der Waals surface area contributed by atoms with E-state index in [0.29, 0.717) is 0 Å². The zero-order valence-electron chi connectivity index (χ0n) is 11.3. The maximum absolute atomic E-state index is 11.7. The van der Waals surface area contributed by atoms with Gasteiger partial charge in [-0.25, -0.2) is 8.42 Å². The molecule has 1 aromatic heterocycles. The summed E-state index contributed by atoms with van der Waals surface area (Å²) in [6.07, 6.45) is 1.78. The van der Waals surface area contributed by atoms with Gasteiger partial charge in [-0.1, -0.05) is 6.07 Å². The van der Waals surface area contributed by atoms with Gasteiger partial charge in [-0.05, 0) is 12.1 Å². The predicted octanol–water partition coefficient (Wildman–Crippen LogP) is 0.918. The number of sulfone groups is 1. The minimum absolute atomic E-state index is 0. The Morgan fingerprint density at radius 2 is 2.00 bits per heavy atom. The predicted molar refractivity (Wildman–Crippen MR) is 90.6 cm³/mol. The van der Waals surface area contributed by atoms with Crippen molar-refractivity contribution >= 4 is 47.1 Å². The normalized spacial score (nSPS) is 26.7. The van der Waals surface area contributed by atoms with E-state index in [-0.39, 0.29) is 60.8 Å². The molecule has 0 amide bonds. The Hall–Kier alpha value is -0.110. The van der Waals surface area contributed by atoms with E-state index in [9.17, 15) is 8.42 Å². The average molecular weight is 377 g/mol. The highest BCUT2D eigenvalue weighted by atomic mass is 35.5. The Bertz CT molecular complexity index is 530. The highest BCUT2D eigenvalue weighted by molar-refractivity contribution is 7.91. The average Bonchev–Trinajstić information content (AvgIpc) is 2.66. The summed E-state index contributed by atoms with van der Waals surface area (Å²) in [6, 6.07) is 6.04. The molecule has 1 N–H and O–H groups in total. The van der Waals surface area contributed by atoms with Crippen molar-refractivity contribution in [2.24, 2.45) is 0 Å². The first-order valence-corrected chi connectivity index (χ1v) is 8.04. The van der Waals surface area contributed by atoms with Crippen LogP contribution in [0.5, 0.6) is 0 Å². The van der Waals surface area contributed by atoms with Crippen molar-refractivity contribution in [3.05, 3.63) is 30.1 Å². The summed E-state index contributed by atoms with van der Waals surface area (Å²) in [7, 11) is -2.88. The van der Waals surface area contributed by atoms with Crippen molar-refractivity contribution in [3.63, 3.8) is 0 Å². The molecular weight excluding hydrogens is 357 g/mol. The van der Waals surface area contributed by atoms with Crippen LogP contribution in [0.25, 0.3) is 0 Å². The summed E-state index contributed by atoms with van der Waals surface area (Å²) >= 11 is 0. The van der Waals surface area contributed by atoms with Gasteiger partial charge in [0.15, 0.2) is 9.84 Å². The van der Waals surface area contributed by atoms with Crippen LogP contribution in [0.2, 0.25) is 0 Å². The molecule has 1 aromatic rings. The number of piperazine rings is 1. The van der Waals surface area contributed by atoms with Crippen LogP contribution in [0.1, 0.15) is 5.69 Å². The topological polar surface area (TPSA) is 62.3 Å². The second-order valence-corrected chi connectivity index (χ2v) is 7.15. The monoisotopic (exact) mass is 375 g/mol. The highest BCUT2D eigenvalue weighted by Gasteiger charge is 2.42. The van der Waals surface area contributed by atoms with E-state index in [1.54, 1.807) is 6.20 Å². The first-order chi connectivity index (χ1) is 8.64. The molecule has 2 unspecified atom stereocenters. The number of aromatic nitrogens is 1. The summed E-state index contributed by atoms with van der Waals surface area (Å²) in [5.41, 5.74) is 1.00. The molecule has 0 aromatic carbocycles. The quantitative estimate of drug-likeness (QED) is 0.831. The van der Waals surface area contributed by atoms with Crippen molar-refractivity contribution in [2.45, 2.75) is 18.6 Å². The third-order valence-electron chi connectivity index (χ3n) is 3.69. The Labute approximate surface area is 144 Å². The Balaban J connectivity index is 0.00000133. The summed E-state index contributed by atoms with van der Waals surface area (Å²) in [6.45, 7) is 2.47. The van der Waals surface area contributed by atoms with Crippen molar-refractivity contribution < 1.29 is 8.42 Å². The zero-order valence-corrected chi connectivity index (χ0v) is 14.6. The standard InChI is InChI=1S/C12H17N3O2S.3ClH/c16-18(17)8-11-12(9-18)15(6-5-14-11)7-10-3-1-2-4-13-10;;;/h1-4,11-12,14H,5-9H2;3*1H. The lowest BCUT2D eigenvalue weighted by atomic mass is 10.1. The maximum Gasteiger partial charge on any atom is 0.153 e. The second kappa shape index (κ2) is 8.50. The number of halogens is 3. The molecule has 0 radical (unpaired) electrons. The van der Waals surface area contributed by atoms with Gasteiger partial charge in [0.2, 0.25) is 0 Å². The first kappa shape index (κ1) is 20.9. The molecule has 2 aliphatic rings. The highest BCUT2D eigenvalue weighted by Crippen LogP contribution is 2.22. The molecule has 0 aliphatic carbocycles.